The van der Waals surface area contributed by atoms with Crippen molar-refractivity contribution >= 4 is 47.9 Å². The molecule has 1 aromatic heterocycles. The fraction of sp³-hybridized carbons (Fsp3) is 0.269. The molecule has 2 nitrogen and oxygen atoms in total. The summed E-state index contributed by atoms with van der Waals surface area (Å²) in [7, 11) is 0. The van der Waals surface area contributed by atoms with E-state index in [-0.39, 0.29) is 24.8 Å². The predicted octanol–water partition coefficient (Wildman–Crippen LogP) is 7.58. The Morgan fingerprint density at radius 3 is 2.30 bits per heavy atom. The van der Waals surface area contributed by atoms with Crippen molar-refractivity contribution in [1.82, 2.24) is 9.88 Å². The minimum Gasteiger partial charge on any atom is -0.350 e. The Morgan fingerprint density at radius 2 is 1.50 bits per heavy atom. The summed E-state index contributed by atoms with van der Waals surface area (Å²) in [6.45, 7) is 0.875. The van der Waals surface area contributed by atoms with Gasteiger partial charge in [-0.3, -0.25) is 0 Å². The molecule has 2 aromatic carbocycles. The van der Waals surface area contributed by atoms with E-state index in [0.717, 1.165) is 17.8 Å². The van der Waals surface area contributed by atoms with Gasteiger partial charge in [0.05, 0.1) is 11.2 Å². The van der Waals surface area contributed by atoms with E-state index in [1.165, 1.54) is 54.2 Å². The van der Waals surface area contributed by atoms with Crippen molar-refractivity contribution in [2.75, 3.05) is 0 Å². The fourth-order valence-electron chi connectivity index (χ4n) is 4.69. The Kier molecular flexibility index (Phi) is 7.58. The molecule has 0 amide bonds. The number of halogens is 2. The molecule has 1 saturated carbocycles. The molecule has 1 aliphatic heterocycles. The van der Waals surface area contributed by atoms with Crippen LogP contribution in [0, 0.1) is 0 Å². The van der Waals surface area contributed by atoms with Gasteiger partial charge < -0.3 is 4.90 Å². The van der Waals surface area contributed by atoms with Crippen molar-refractivity contribution in [3.8, 4) is 0 Å². The van der Waals surface area contributed by atoms with Crippen LogP contribution in [0.25, 0.3) is 23.1 Å². The predicted molar refractivity (Wildman–Crippen MR) is 132 cm³/mol. The molecule has 4 heteroatoms. The monoisotopic (exact) mass is 438 g/mol. The van der Waals surface area contributed by atoms with Gasteiger partial charge in [0, 0.05) is 29.9 Å². The van der Waals surface area contributed by atoms with Gasteiger partial charge in [0.15, 0.2) is 0 Å². The third-order valence-electron chi connectivity index (χ3n) is 6.08. The van der Waals surface area contributed by atoms with Crippen LogP contribution in [-0.2, 0) is 6.54 Å². The Hall–Kier alpha value is -2.29. The molecule has 2 heterocycles. The van der Waals surface area contributed by atoms with Crippen molar-refractivity contribution in [2.45, 2.75) is 44.6 Å². The van der Waals surface area contributed by atoms with Gasteiger partial charge in [-0.25, -0.2) is 4.98 Å². The van der Waals surface area contributed by atoms with Crippen molar-refractivity contribution in [3.63, 3.8) is 0 Å². The van der Waals surface area contributed by atoms with Crippen molar-refractivity contribution in [1.29, 1.82) is 0 Å². The molecule has 5 rings (SSSR count). The van der Waals surface area contributed by atoms with E-state index in [0.29, 0.717) is 5.92 Å². The average molecular weight is 439 g/mol. The second kappa shape index (κ2) is 10.1. The quantitative estimate of drug-likeness (QED) is 0.418. The summed E-state index contributed by atoms with van der Waals surface area (Å²) >= 11 is 0. The Morgan fingerprint density at radius 1 is 0.800 bits per heavy atom. The highest BCUT2D eigenvalue weighted by Crippen LogP contribution is 2.40. The number of hydrogen-bond donors (Lipinski definition) is 0. The van der Waals surface area contributed by atoms with E-state index in [4.69, 9.17) is 4.98 Å². The molecule has 30 heavy (non-hydrogen) atoms. The Balaban J connectivity index is 0.00000128. The summed E-state index contributed by atoms with van der Waals surface area (Å²) < 4.78 is 0. The van der Waals surface area contributed by atoms with Crippen LogP contribution in [0.4, 0.5) is 0 Å². The van der Waals surface area contributed by atoms with Gasteiger partial charge >= 0.3 is 0 Å². The van der Waals surface area contributed by atoms with Crippen LogP contribution in [0.5, 0.6) is 0 Å². The second-order valence-electron chi connectivity index (χ2n) is 7.97. The molecule has 1 fully saturated rings. The molecule has 0 spiro atoms. The number of pyridine rings is 1. The zero-order valence-corrected chi connectivity index (χ0v) is 18.7. The Labute approximate surface area is 191 Å². The highest BCUT2D eigenvalue weighted by Gasteiger charge is 2.23. The van der Waals surface area contributed by atoms with Crippen LogP contribution in [0.3, 0.4) is 0 Å². The minimum atomic E-state index is 0. The van der Waals surface area contributed by atoms with E-state index in [2.05, 4.69) is 84.0 Å². The van der Waals surface area contributed by atoms with Crippen LogP contribution in [0.15, 0.2) is 67.0 Å². The number of hydrogen-bond acceptors (Lipinski definition) is 2. The number of para-hydroxylation sites is 1. The summed E-state index contributed by atoms with van der Waals surface area (Å²) in [4.78, 5) is 7.26. The number of fused-ring (bicyclic) bond motifs is 2. The first-order valence-corrected chi connectivity index (χ1v) is 10.5. The number of benzene rings is 2. The lowest BCUT2D eigenvalue weighted by atomic mass is 9.80. The second-order valence-corrected chi connectivity index (χ2v) is 7.97. The summed E-state index contributed by atoms with van der Waals surface area (Å²) in [5.41, 5.74) is 6.37. The highest BCUT2D eigenvalue weighted by molar-refractivity contribution is 5.89. The van der Waals surface area contributed by atoms with Crippen molar-refractivity contribution in [3.05, 3.63) is 89.4 Å². The molecule has 0 atom stereocenters. The summed E-state index contributed by atoms with van der Waals surface area (Å²) in [5, 5.41) is 1.34. The normalized spacial score (nSPS) is 15.8. The molecule has 0 saturated heterocycles. The third-order valence-corrected chi connectivity index (χ3v) is 6.08. The van der Waals surface area contributed by atoms with Crippen LogP contribution >= 0.6 is 24.8 Å². The summed E-state index contributed by atoms with van der Waals surface area (Å²) in [6.07, 6.45) is 15.5. The number of aromatic nitrogens is 1. The molecule has 0 bridgehead atoms. The van der Waals surface area contributed by atoms with Crippen LogP contribution in [0.2, 0.25) is 0 Å². The maximum atomic E-state index is 5.01. The molecular formula is C26H28Cl2N2. The SMILES string of the molecule is C1=CN(Cc2ccccc2)C=Cc2c1nc1ccccc1c2C1CCCCC1.Cl.Cl. The van der Waals surface area contributed by atoms with Gasteiger partial charge in [-0.05, 0) is 48.1 Å². The highest BCUT2D eigenvalue weighted by atomic mass is 35.5. The smallest absolute Gasteiger partial charge is 0.0727 e. The standard InChI is InChI=1S/C26H26N2.2ClH/c1-3-9-20(10-4-1)19-28-17-15-23-25(16-18-28)27-24-14-8-7-13-22(24)26(23)21-11-5-2-6-12-21;;/h1,3-4,7-10,13-18,21H,2,5-6,11-12,19H2;2*1H. The fourth-order valence-corrected chi connectivity index (χ4v) is 4.69. The third kappa shape index (κ3) is 4.55. The van der Waals surface area contributed by atoms with E-state index >= 15 is 0 Å². The average Bonchev–Trinajstić information content (AvgIpc) is 2.95. The van der Waals surface area contributed by atoms with Crippen LogP contribution in [0.1, 0.15) is 60.4 Å². The maximum Gasteiger partial charge on any atom is 0.0727 e. The first kappa shape index (κ1) is 22.4. The minimum absolute atomic E-state index is 0. The van der Waals surface area contributed by atoms with E-state index in [1.54, 1.807) is 0 Å². The molecule has 156 valence electrons. The molecule has 0 unspecified atom stereocenters. The summed E-state index contributed by atoms with van der Waals surface area (Å²) in [5.74, 6) is 0.647. The topological polar surface area (TPSA) is 16.1 Å². The number of nitrogens with zero attached hydrogens (tertiary/aromatic N) is 2. The van der Waals surface area contributed by atoms with Crippen LogP contribution < -0.4 is 0 Å². The molecular weight excluding hydrogens is 411 g/mol. The molecule has 3 aromatic rings. The van der Waals surface area contributed by atoms with Gasteiger partial charge in [-0.2, -0.15) is 0 Å². The lowest BCUT2D eigenvalue weighted by Crippen LogP contribution is -2.09. The van der Waals surface area contributed by atoms with E-state index in [1.807, 2.05) is 0 Å². The lowest BCUT2D eigenvalue weighted by Gasteiger charge is -2.25. The van der Waals surface area contributed by atoms with Gasteiger partial charge in [-0.1, -0.05) is 67.8 Å². The molecule has 0 N–H and O–H groups in total. The zero-order valence-electron chi connectivity index (χ0n) is 17.0. The van der Waals surface area contributed by atoms with Gasteiger partial charge in [0.2, 0.25) is 0 Å². The summed E-state index contributed by atoms with van der Waals surface area (Å²) in [6, 6.07) is 19.3. The first-order valence-electron chi connectivity index (χ1n) is 10.5. The molecule has 1 aliphatic carbocycles. The van der Waals surface area contributed by atoms with Crippen molar-refractivity contribution in [2.24, 2.45) is 0 Å². The lowest BCUT2D eigenvalue weighted by molar-refractivity contribution is 0.445. The maximum absolute atomic E-state index is 5.01. The van der Waals surface area contributed by atoms with Crippen LogP contribution in [-0.4, -0.2) is 9.88 Å². The van der Waals surface area contributed by atoms with Gasteiger partial charge in [0.25, 0.3) is 0 Å². The van der Waals surface area contributed by atoms with Gasteiger partial charge in [-0.15, -0.1) is 24.8 Å². The molecule has 0 radical (unpaired) electrons. The number of rotatable bonds is 3. The Bertz CT molecular complexity index is 1040. The first-order chi connectivity index (χ1) is 13.9. The molecule has 2 aliphatic rings. The van der Waals surface area contributed by atoms with E-state index in [9.17, 15) is 0 Å². The van der Waals surface area contributed by atoms with Crippen molar-refractivity contribution < 1.29 is 0 Å². The van der Waals surface area contributed by atoms with Gasteiger partial charge in [0.1, 0.15) is 0 Å². The zero-order chi connectivity index (χ0) is 18.8. The largest absolute Gasteiger partial charge is 0.350 e. The van der Waals surface area contributed by atoms with E-state index < -0.39 is 0 Å².